The van der Waals surface area contributed by atoms with Gasteiger partial charge in [-0.2, -0.15) is 0 Å². The first-order chi connectivity index (χ1) is 32.1. The maximum atomic E-state index is 2.49. The quantitative estimate of drug-likeness (QED) is 0.147. The molecule has 1 heteroatoms. The minimum absolute atomic E-state index is 0.253. The van der Waals surface area contributed by atoms with Gasteiger partial charge in [0.25, 0.3) is 0 Å². The lowest BCUT2D eigenvalue weighted by Crippen LogP contribution is -2.22. The van der Waals surface area contributed by atoms with Gasteiger partial charge in [-0.25, -0.2) is 0 Å². The summed E-state index contributed by atoms with van der Waals surface area (Å²) in [5, 5.41) is 5.22. The highest BCUT2D eigenvalue weighted by molar-refractivity contribution is 6.04. The van der Waals surface area contributed by atoms with Crippen LogP contribution in [0.3, 0.4) is 0 Å². The summed E-state index contributed by atoms with van der Waals surface area (Å²) in [5.41, 5.74) is 18.7. The van der Waals surface area contributed by atoms with Crippen LogP contribution in [0.4, 0.5) is 17.1 Å². The highest BCUT2D eigenvalue weighted by Crippen LogP contribution is 2.53. The lowest BCUT2D eigenvalue weighted by atomic mass is 9.74. The predicted molar refractivity (Wildman–Crippen MR) is 276 cm³/mol. The molecule has 1 nitrogen and oxygen atoms in total. The number of hydrogen-bond donors (Lipinski definition) is 0. The summed E-state index contributed by atoms with van der Waals surface area (Å²) in [6.45, 7) is 2.40. The zero-order valence-electron chi connectivity index (χ0n) is 36.9. The third-order valence-corrected chi connectivity index (χ3v) is 14.7. The van der Waals surface area contributed by atoms with Crippen LogP contribution in [0.2, 0.25) is 0 Å². The topological polar surface area (TPSA) is 3.24 Å². The van der Waals surface area contributed by atoms with Crippen molar-refractivity contribution in [3.05, 3.63) is 247 Å². The van der Waals surface area contributed by atoms with E-state index >= 15 is 0 Å². The van der Waals surface area contributed by atoms with Crippen molar-refractivity contribution < 1.29 is 0 Å². The van der Waals surface area contributed by atoms with Crippen LogP contribution < -0.4 is 4.90 Å². The Morgan fingerprint density at radius 2 is 1.03 bits per heavy atom. The number of fused-ring (bicyclic) bond motifs is 5. The van der Waals surface area contributed by atoms with Crippen molar-refractivity contribution in [2.75, 3.05) is 4.90 Å². The van der Waals surface area contributed by atoms with Crippen molar-refractivity contribution in [3.63, 3.8) is 0 Å². The maximum Gasteiger partial charge on any atom is 0.0540 e. The summed E-state index contributed by atoms with van der Waals surface area (Å²) >= 11 is 0. The van der Waals surface area contributed by atoms with E-state index in [0.29, 0.717) is 5.92 Å². The molecule has 312 valence electrons. The molecule has 1 unspecified atom stereocenters. The Kier molecular flexibility index (Phi) is 9.79. The maximum absolute atomic E-state index is 2.49. The van der Waals surface area contributed by atoms with E-state index in [1.807, 2.05) is 0 Å². The smallest absolute Gasteiger partial charge is 0.0540 e. The minimum atomic E-state index is -0.253. The van der Waals surface area contributed by atoms with Gasteiger partial charge >= 0.3 is 0 Å². The number of anilines is 3. The first-order valence-electron chi connectivity index (χ1n) is 23.5. The van der Waals surface area contributed by atoms with Crippen LogP contribution in [0.25, 0.3) is 66.1 Å². The van der Waals surface area contributed by atoms with Gasteiger partial charge in [0.05, 0.1) is 5.69 Å². The highest BCUT2D eigenvalue weighted by Gasteiger charge is 2.40. The molecule has 0 saturated heterocycles. The molecule has 0 heterocycles. The van der Waals surface area contributed by atoms with Crippen LogP contribution in [0.15, 0.2) is 224 Å². The zero-order valence-corrected chi connectivity index (χ0v) is 36.9. The van der Waals surface area contributed by atoms with E-state index in [-0.39, 0.29) is 5.41 Å². The molecule has 2 aliphatic rings. The fourth-order valence-corrected chi connectivity index (χ4v) is 11.5. The SMILES string of the molecule is CC1(c2ccccc2)c2ccccc2-c2ccc(-c3ccc(N(c4cccc(-c5cccc6ccccc56)c4)c4ccccc4-c4cccc5cccc(C6CCCCC6)c45)cc3)cc21. The summed E-state index contributed by atoms with van der Waals surface area (Å²) in [5.74, 6) is 0.584. The summed E-state index contributed by atoms with van der Waals surface area (Å²) in [7, 11) is 0. The van der Waals surface area contributed by atoms with Gasteiger partial charge in [0, 0.05) is 22.4 Å². The van der Waals surface area contributed by atoms with Crippen LogP contribution in [-0.2, 0) is 5.41 Å². The lowest BCUT2D eigenvalue weighted by molar-refractivity contribution is 0.445. The van der Waals surface area contributed by atoms with Crippen LogP contribution in [0.1, 0.15) is 67.2 Å². The van der Waals surface area contributed by atoms with Crippen LogP contribution >= 0.6 is 0 Å². The average Bonchev–Trinajstić information content (AvgIpc) is 3.64. The van der Waals surface area contributed by atoms with Crippen LogP contribution in [0, 0.1) is 0 Å². The second kappa shape index (κ2) is 16.3. The van der Waals surface area contributed by atoms with Crippen molar-refractivity contribution in [2.24, 2.45) is 0 Å². The molecular formula is C64H51N. The molecule has 1 saturated carbocycles. The van der Waals surface area contributed by atoms with Gasteiger partial charge in [0.1, 0.15) is 0 Å². The van der Waals surface area contributed by atoms with Crippen molar-refractivity contribution >= 4 is 38.6 Å². The largest absolute Gasteiger partial charge is 0.310 e. The van der Waals surface area contributed by atoms with E-state index in [1.165, 1.54) is 120 Å². The zero-order chi connectivity index (χ0) is 43.3. The van der Waals surface area contributed by atoms with Crippen LogP contribution in [0.5, 0.6) is 0 Å². The summed E-state index contributed by atoms with van der Waals surface area (Å²) in [4.78, 5) is 2.49. The molecular weight excluding hydrogens is 783 g/mol. The van der Waals surface area contributed by atoms with Crippen molar-refractivity contribution in [1.82, 2.24) is 0 Å². The molecule has 0 spiro atoms. The van der Waals surface area contributed by atoms with E-state index in [1.54, 1.807) is 0 Å². The minimum Gasteiger partial charge on any atom is -0.310 e. The van der Waals surface area contributed by atoms with E-state index in [4.69, 9.17) is 0 Å². The Morgan fingerprint density at radius 3 is 1.88 bits per heavy atom. The number of benzene rings is 10. The Balaban J connectivity index is 1.01. The normalized spacial score (nSPS) is 15.8. The highest BCUT2D eigenvalue weighted by atomic mass is 15.1. The molecule has 10 aromatic rings. The van der Waals surface area contributed by atoms with Crippen LogP contribution in [-0.4, -0.2) is 0 Å². The van der Waals surface area contributed by atoms with Gasteiger partial charge in [0.2, 0.25) is 0 Å². The molecule has 10 aromatic carbocycles. The molecule has 2 aliphatic carbocycles. The first kappa shape index (κ1) is 39.1. The molecule has 12 rings (SSSR count). The van der Waals surface area contributed by atoms with Gasteiger partial charge in [-0.1, -0.05) is 207 Å². The van der Waals surface area contributed by atoms with Gasteiger partial charge in [-0.3, -0.25) is 0 Å². The van der Waals surface area contributed by atoms with Gasteiger partial charge in [-0.05, 0) is 145 Å². The number of hydrogen-bond acceptors (Lipinski definition) is 1. The van der Waals surface area contributed by atoms with E-state index < -0.39 is 0 Å². The lowest BCUT2D eigenvalue weighted by Gasteiger charge is -2.30. The Labute approximate surface area is 383 Å². The Bertz CT molecular complexity index is 3360. The third kappa shape index (κ3) is 6.69. The van der Waals surface area contributed by atoms with Crippen molar-refractivity contribution in [2.45, 2.75) is 50.4 Å². The predicted octanol–water partition coefficient (Wildman–Crippen LogP) is 17.8. The monoisotopic (exact) mass is 833 g/mol. The van der Waals surface area contributed by atoms with Gasteiger partial charge in [-0.15, -0.1) is 0 Å². The molecule has 0 amide bonds. The fraction of sp³-hybridized carbons (Fsp3) is 0.125. The summed E-state index contributed by atoms with van der Waals surface area (Å²) in [6.07, 6.45) is 6.48. The third-order valence-electron chi connectivity index (χ3n) is 14.7. The Morgan fingerprint density at radius 1 is 0.400 bits per heavy atom. The number of nitrogens with zero attached hydrogens (tertiary/aromatic N) is 1. The molecule has 1 atom stereocenters. The molecule has 0 bridgehead atoms. The second-order valence-electron chi connectivity index (χ2n) is 18.4. The van der Waals surface area contributed by atoms with Crippen molar-refractivity contribution in [3.8, 4) is 44.5 Å². The first-order valence-corrected chi connectivity index (χ1v) is 23.5. The summed E-state index contributed by atoms with van der Waals surface area (Å²) < 4.78 is 0. The molecule has 0 N–H and O–H groups in total. The number of rotatable bonds is 8. The molecule has 0 aliphatic heterocycles. The standard InChI is InChI=1S/C64H51N/c1-64(50-25-6-3-7-26-50)60-34-12-10-29-56(60)57-41-38-48(43-61(57)64)44-36-39-51(40-37-44)65(52-27-14-24-49(42-52)54-31-15-21-45-20-8-9-28-53(45)54)62-35-13-11-30-58(62)59-33-17-23-47-22-16-32-55(63(47)59)46-18-4-2-5-19-46/h3,6-17,20-43,46H,2,4-5,18-19H2,1H3. The van der Waals surface area contributed by atoms with E-state index in [0.717, 1.165) is 17.1 Å². The van der Waals surface area contributed by atoms with Gasteiger partial charge in [0.15, 0.2) is 0 Å². The van der Waals surface area contributed by atoms with Crippen molar-refractivity contribution in [1.29, 1.82) is 0 Å². The average molecular weight is 834 g/mol. The summed E-state index contributed by atoms with van der Waals surface area (Å²) in [6, 6.07) is 83.8. The molecule has 0 radical (unpaired) electrons. The van der Waals surface area contributed by atoms with E-state index in [9.17, 15) is 0 Å². The number of para-hydroxylation sites is 1. The molecule has 0 aromatic heterocycles. The Hall–Kier alpha value is -7.48. The van der Waals surface area contributed by atoms with E-state index in [2.05, 4.69) is 236 Å². The fourth-order valence-electron chi connectivity index (χ4n) is 11.5. The van der Waals surface area contributed by atoms with Gasteiger partial charge < -0.3 is 4.90 Å². The second-order valence-corrected chi connectivity index (χ2v) is 18.4. The molecule has 65 heavy (non-hydrogen) atoms. The molecule has 1 fully saturated rings.